The van der Waals surface area contributed by atoms with E-state index in [0.29, 0.717) is 19.3 Å². The van der Waals surface area contributed by atoms with Crippen LogP contribution in [0.15, 0.2) is 15.8 Å². The Morgan fingerprint density at radius 1 is 0.937 bits per heavy atom. The first-order chi connectivity index (χ1) is 29.3. The van der Waals surface area contributed by atoms with E-state index in [1.807, 2.05) is 4.98 Å². The van der Waals surface area contributed by atoms with Gasteiger partial charge in [0, 0.05) is 50.4 Å². The van der Waals surface area contributed by atoms with Gasteiger partial charge in [-0.2, -0.15) is 8.62 Å². The van der Waals surface area contributed by atoms with Crippen LogP contribution in [0.3, 0.4) is 0 Å². The van der Waals surface area contributed by atoms with E-state index in [1.165, 1.54) is 28.5 Å². The van der Waals surface area contributed by atoms with Crippen LogP contribution in [0.1, 0.15) is 63.7 Å². The van der Waals surface area contributed by atoms with Crippen molar-refractivity contribution < 1.29 is 95.2 Å². The number of H-pyrrole nitrogens is 1. The average molecular weight is 999 g/mol. The first kappa shape index (κ1) is 55.2. The Morgan fingerprint density at radius 2 is 1.63 bits per heavy atom. The maximum atomic E-state index is 12.7. The number of aromatic amines is 1. The predicted molar refractivity (Wildman–Crippen MR) is 216 cm³/mol. The van der Waals surface area contributed by atoms with Crippen LogP contribution in [0.25, 0.3) is 0 Å². The van der Waals surface area contributed by atoms with Crippen LogP contribution >= 0.6 is 45.1 Å². The lowest BCUT2D eigenvalue weighted by Crippen LogP contribution is -2.47. The summed E-state index contributed by atoms with van der Waals surface area (Å²) in [5.41, 5.74) is -2.19. The number of phosphoric acid groups is 3. The molecule has 4 amide bonds. The van der Waals surface area contributed by atoms with Gasteiger partial charge >= 0.3 is 41.1 Å². The van der Waals surface area contributed by atoms with Crippen molar-refractivity contribution in [3.05, 3.63) is 32.6 Å². The van der Waals surface area contributed by atoms with E-state index in [0.717, 1.165) is 10.8 Å². The van der Waals surface area contributed by atoms with Crippen LogP contribution in [0.4, 0.5) is 0 Å². The van der Waals surface area contributed by atoms with Crippen LogP contribution in [-0.4, -0.2) is 136 Å². The molecule has 12 N–H and O–H groups in total. The fraction of sp³-hybridized carbons (Fsp3) is 0.600. The molecule has 1 aliphatic heterocycles. The summed E-state index contributed by atoms with van der Waals surface area (Å²) < 4.78 is 52.3. The number of amides is 4. The van der Waals surface area contributed by atoms with Gasteiger partial charge in [-0.15, -0.1) is 0 Å². The first-order valence-corrected chi connectivity index (χ1v) is 25.0. The Kier molecular flexibility index (Phi) is 22.9. The molecule has 0 bridgehead atoms. The molecule has 1 aromatic rings. The van der Waals surface area contributed by atoms with Gasteiger partial charge < -0.3 is 60.9 Å². The lowest BCUT2D eigenvalue weighted by Gasteiger charge is -2.19. The van der Waals surface area contributed by atoms with Gasteiger partial charge in [-0.25, -0.2) is 23.3 Å². The molecule has 33 heteroatoms. The number of aliphatic hydroxyl groups is 1. The Hall–Kier alpha value is -3.91. The monoisotopic (exact) mass is 998 g/mol. The second-order valence-electron chi connectivity index (χ2n) is 12.9. The van der Waals surface area contributed by atoms with Crippen LogP contribution in [0, 0.1) is 11.8 Å². The van der Waals surface area contributed by atoms with E-state index in [4.69, 9.17) is 24.7 Å². The van der Waals surface area contributed by atoms with Crippen molar-refractivity contribution >= 4 is 80.6 Å². The second kappa shape index (κ2) is 26.1. The highest BCUT2D eigenvalue weighted by atomic mass is 33.1. The van der Waals surface area contributed by atoms with E-state index >= 15 is 0 Å². The van der Waals surface area contributed by atoms with Crippen molar-refractivity contribution in [2.24, 2.45) is 0 Å². The summed E-state index contributed by atoms with van der Waals surface area (Å²) in [5.74, 6) is 0.628. The second-order valence-corrected chi connectivity index (χ2v) is 19.9. The number of carboxylic acid groups (broad SMARTS) is 2. The minimum absolute atomic E-state index is 0.0148. The lowest BCUT2D eigenvalue weighted by molar-refractivity contribution is -0.147. The number of rotatable bonds is 27. The molecule has 7 atom stereocenters. The summed E-state index contributed by atoms with van der Waals surface area (Å²) in [4.78, 5) is 133. The number of ether oxygens (including phenoxy) is 1. The van der Waals surface area contributed by atoms with Gasteiger partial charge in [-0.1, -0.05) is 39.8 Å². The van der Waals surface area contributed by atoms with E-state index in [9.17, 15) is 66.9 Å². The Bertz CT molecular complexity index is 2140. The number of nitrogens with zero attached hydrogens (tertiary/aromatic N) is 1. The number of aliphatic carboxylic acids is 2. The Morgan fingerprint density at radius 3 is 2.27 bits per heavy atom. The van der Waals surface area contributed by atoms with Crippen LogP contribution < -0.4 is 32.5 Å². The summed E-state index contributed by atoms with van der Waals surface area (Å²) in [7, 11) is -14.5. The highest BCUT2D eigenvalue weighted by molar-refractivity contribution is 8.76. The van der Waals surface area contributed by atoms with Crippen LogP contribution in [-0.2, 0) is 60.3 Å². The third-order valence-electron chi connectivity index (χ3n) is 7.71. The minimum Gasteiger partial charge on any atom is -0.481 e. The van der Waals surface area contributed by atoms with E-state index in [2.05, 4.69) is 46.3 Å². The van der Waals surface area contributed by atoms with Crippen molar-refractivity contribution in [1.82, 2.24) is 30.8 Å². The average Bonchev–Trinajstić information content (AvgIpc) is 3.51. The van der Waals surface area contributed by atoms with E-state index in [-0.39, 0.29) is 49.4 Å². The van der Waals surface area contributed by atoms with E-state index in [1.54, 1.807) is 0 Å². The predicted octanol–water partition coefficient (Wildman–Crippen LogP) is -2.01. The molecule has 1 aromatic heterocycles. The molecule has 1 fully saturated rings. The highest BCUT2D eigenvalue weighted by Crippen LogP contribution is 2.66. The summed E-state index contributed by atoms with van der Waals surface area (Å²) >= 11 is 0. The zero-order valence-corrected chi connectivity index (χ0v) is 37.1. The number of aliphatic hydroxyl groups excluding tert-OH is 1. The van der Waals surface area contributed by atoms with Crippen molar-refractivity contribution in [3.63, 3.8) is 0 Å². The van der Waals surface area contributed by atoms with Gasteiger partial charge in [-0.05, 0) is 12.8 Å². The molecular formula is C30H45N6O22P3S2. The Labute approximate surface area is 363 Å². The van der Waals surface area contributed by atoms with Gasteiger partial charge in [0.1, 0.15) is 30.0 Å². The zero-order valence-electron chi connectivity index (χ0n) is 32.8. The number of phosphoric ester groups is 1. The number of hydrogen-bond acceptors (Lipinski definition) is 18. The molecule has 28 nitrogen and oxygen atoms in total. The zero-order chi connectivity index (χ0) is 47.5. The molecule has 63 heavy (non-hydrogen) atoms. The number of unbranched alkanes of at least 4 members (excludes halogenated alkanes) is 2. The quantitative estimate of drug-likeness (QED) is 0.0196. The van der Waals surface area contributed by atoms with Gasteiger partial charge in [0.25, 0.3) is 5.56 Å². The molecule has 354 valence electrons. The van der Waals surface area contributed by atoms with E-state index < -0.39 is 114 Å². The van der Waals surface area contributed by atoms with Gasteiger partial charge in [0.15, 0.2) is 0 Å². The van der Waals surface area contributed by atoms with Crippen LogP contribution in [0.2, 0.25) is 0 Å². The number of nitrogens with one attached hydrogen (secondary N) is 5. The van der Waals surface area contributed by atoms with Gasteiger partial charge in [0.2, 0.25) is 23.6 Å². The largest absolute Gasteiger partial charge is 0.490 e. The SMILES string of the molecule is CC(=O)NC(CSSCCC(=O)NCC#Cc1cn(C2CC(O)C(COP(=O)(O)OP(=O)(O)OP(=O)(O)O)O2)c(=O)[nH]c1=O)C(=O)NCCCCCC(=O)NC(CC(=O)O)C(=O)O. The molecular weight excluding hydrogens is 953 g/mol. The highest BCUT2D eigenvalue weighted by Gasteiger charge is 2.43. The van der Waals surface area contributed by atoms with Crippen LogP contribution in [0.5, 0.6) is 0 Å². The van der Waals surface area contributed by atoms with Crippen molar-refractivity contribution in [2.75, 3.05) is 31.2 Å². The molecule has 7 unspecified atom stereocenters. The number of carbonyl (C=O) groups excluding carboxylic acids is 4. The maximum absolute atomic E-state index is 12.7. The molecule has 0 aliphatic carbocycles. The standard InChI is InChI=1S/C30H45N6O22P3S2/c1-17(37)33-20(28(44)32-9-4-2-3-7-24(40)34-19(29(45)46)12-26(41)42)16-63-62-11-8-23(39)31-10-5-6-18-14-36(30(47)35-27(18)43)25-13-21(38)22(56-25)15-55-60(51,52)58-61(53,54)57-59(48,49)50/h14,19-22,25,38H,2-4,7-13,15-16H2,1H3,(H,31,39)(H,32,44)(H,33,37)(H,34,40)(H,41,42)(H,45,46)(H,51,52)(H,53,54)(H,35,43,47)(H2,48,49,50). The topological polar surface area (TPSA) is 435 Å². The smallest absolute Gasteiger partial charge is 0.481 e. The molecule has 2 rings (SSSR count). The van der Waals surface area contributed by atoms with Crippen molar-refractivity contribution in [2.45, 2.75) is 82.4 Å². The fourth-order valence-corrected chi connectivity index (χ4v) is 10.2. The molecule has 0 aromatic carbocycles. The summed E-state index contributed by atoms with van der Waals surface area (Å²) in [6.07, 6.45) is -3.14. The van der Waals surface area contributed by atoms with Crippen molar-refractivity contribution in [1.29, 1.82) is 0 Å². The molecule has 1 saturated heterocycles. The third kappa shape index (κ3) is 22.5. The molecule has 0 radical (unpaired) electrons. The number of hydrogen-bond donors (Lipinski definition) is 12. The normalized spacial score (nSPS) is 18.9. The molecule has 0 spiro atoms. The molecule has 2 heterocycles. The van der Waals surface area contributed by atoms with Gasteiger partial charge in [-0.3, -0.25) is 42.8 Å². The van der Waals surface area contributed by atoms with Crippen molar-refractivity contribution in [3.8, 4) is 11.8 Å². The summed E-state index contributed by atoms with van der Waals surface area (Å²) in [6.45, 7) is 0.213. The summed E-state index contributed by atoms with van der Waals surface area (Å²) in [5, 5.41) is 38.0. The molecule has 0 saturated carbocycles. The lowest BCUT2D eigenvalue weighted by atomic mass is 10.1. The number of carboxylic acids is 2. The number of carbonyl (C=O) groups is 6. The minimum atomic E-state index is -5.80. The maximum Gasteiger partial charge on any atom is 0.490 e. The first-order valence-electron chi connectivity index (χ1n) is 18.0. The number of aromatic nitrogens is 2. The fourth-order valence-electron chi connectivity index (χ4n) is 4.97. The Balaban J connectivity index is 1.77. The van der Waals surface area contributed by atoms with Gasteiger partial charge in [0.05, 0.1) is 25.7 Å². The molecule has 1 aliphatic rings. The summed E-state index contributed by atoms with van der Waals surface area (Å²) in [6, 6.07) is -2.45. The third-order valence-corrected chi connectivity index (χ3v) is 13.9.